The summed E-state index contributed by atoms with van der Waals surface area (Å²) in [7, 11) is 3.37. The molecule has 0 spiro atoms. The molecule has 0 aromatic carbocycles. The number of likely N-dealkylation sites (tertiary alicyclic amines) is 1. The fourth-order valence-electron chi connectivity index (χ4n) is 2.63. The second-order valence-electron chi connectivity index (χ2n) is 5.66. The van der Waals surface area contributed by atoms with Crippen molar-refractivity contribution in [2.24, 2.45) is 13.0 Å². The molecular formula is C15H21N3O4. The van der Waals surface area contributed by atoms with Crippen LogP contribution in [0.25, 0.3) is 0 Å². The van der Waals surface area contributed by atoms with Gasteiger partial charge in [-0.25, -0.2) is 0 Å². The standard InChI is InChI=1S/C15H21N3O4/c1-16-7-3-4-12(16)14(20)17(2)10-13(19)18-8-5-11(6-9-18)15(21)22/h3-4,7,11H,5-6,8-10H2,1-2H3,(H,21,22). The van der Waals surface area contributed by atoms with Crippen molar-refractivity contribution in [3.8, 4) is 0 Å². The lowest BCUT2D eigenvalue weighted by molar-refractivity contribution is -0.145. The average Bonchev–Trinajstić information content (AvgIpc) is 2.92. The molecule has 1 aliphatic rings. The van der Waals surface area contributed by atoms with Gasteiger partial charge in [-0.1, -0.05) is 0 Å². The van der Waals surface area contributed by atoms with Gasteiger partial charge >= 0.3 is 5.97 Å². The van der Waals surface area contributed by atoms with Crippen molar-refractivity contribution in [1.82, 2.24) is 14.4 Å². The van der Waals surface area contributed by atoms with Crippen LogP contribution in [0.3, 0.4) is 0 Å². The number of aromatic nitrogens is 1. The molecule has 1 fully saturated rings. The summed E-state index contributed by atoms with van der Waals surface area (Å²) in [6.45, 7) is 0.867. The summed E-state index contributed by atoms with van der Waals surface area (Å²) < 4.78 is 1.71. The molecule has 1 saturated heterocycles. The fraction of sp³-hybridized carbons (Fsp3) is 0.533. The van der Waals surface area contributed by atoms with Crippen LogP contribution in [0.4, 0.5) is 0 Å². The lowest BCUT2D eigenvalue weighted by Crippen LogP contribution is -2.45. The first-order valence-electron chi connectivity index (χ1n) is 7.27. The maximum Gasteiger partial charge on any atom is 0.306 e. The first-order valence-corrected chi connectivity index (χ1v) is 7.27. The lowest BCUT2D eigenvalue weighted by atomic mass is 9.97. The van der Waals surface area contributed by atoms with Crippen LogP contribution in [0.2, 0.25) is 0 Å². The predicted molar refractivity (Wildman–Crippen MR) is 79.3 cm³/mol. The third-order valence-corrected chi connectivity index (χ3v) is 4.08. The molecular weight excluding hydrogens is 286 g/mol. The van der Waals surface area contributed by atoms with Gasteiger partial charge in [0.1, 0.15) is 5.69 Å². The number of carbonyl (C=O) groups is 3. The second-order valence-corrected chi connectivity index (χ2v) is 5.66. The molecule has 2 rings (SSSR count). The molecule has 0 bridgehead atoms. The Bertz CT molecular complexity index is 573. The zero-order valence-corrected chi connectivity index (χ0v) is 12.9. The van der Waals surface area contributed by atoms with E-state index in [1.165, 1.54) is 4.90 Å². The molecule has 22 heavy (non-hydrogen) atoms. The van der Waals surface area contributed by atoms with E-state index < -0.39 is 5.97 Å². The van der Waals surface area contributed by atoms with Gasteiger partial charge in [-0.2, -0.15) is 0 Å². The number of rotatable bonds is 4. The molecule has 0 radical (unpaired) electrons. The highest BCUT2D eigenvalue weighted by Crippen LogP contribution is 2.17. The molecule has 2 heterocycles. The van der Waals surface area contributed by atoms with E-state index in [1.54, 1.807) is 41.9 Å². The van der Waals surface area contributed by atoms with Crippen LogP contribution in [0.15, 0.2) is 18.3 Å². The van der Waals surface area contributed by atoms with Crippen LogP contribution in [0.1, 0.15) is 23.3 Å². The molecule has 120 valence electrons. The Morgan fingerprint density at radius 3 is 2.45 bits per heavy atom. The Kier molecular flexibility index (Phi) is 4.85. The van der Waals surface area contributed by atoms with E-state index in [-0.39, 0.29) is 24.3 Å². The number of aliphatic carboxylic acids is 1. The van der Waals surface area contributed by atoms with Gasteiger partial charge in [-0.3, -0.25) is 14.4 Å². The second kappa shape index (κ2) is 6.64. The zero-order chi connectivity index (χ0) is 16.3. The average molecular weight is 307 g/mol. The third-order valence-electron chi connectivity index (χ3n) is 4.08. The van der Waals surface area contributed by atoms with Gasteiger partial charge in [-0.05, 0) is 25.0 Å². The maximum absolute atomic E-state index is 12.2. The van der Waals surface area contributed by atoms with Crippen molar-refractivity contribution in [2.75, 3.05) is 26.7 Å². The molecule has 1 N–H and O–H groups in total. The van der Waals surface area contributed by atoms with E-state index >= 15 is 0 Å². The van der Waals surface area contributed by atoms with Crippen LogP contribution in [0, 0.1) is 5.92 Å². The van der Waals surface area contributed by atoms with Crippen LogP contribution in [-0.2, 0) is 16.6 Å². The smallest absolute Gasteiger partial charge is 0.306 e. The summed E-state index contributed by atoms with van der Waals surface area (Å²) in [5.74, 6) is -1.52. The van der Waals surface area contributed by atoms with Crippen molar-refractivity contribution in [2.45, 2.75) is 12.8 Å². The van der Waals surface area contributed by atoms with Crippen molar-refractivity contribution in [3.63, 3.8) is 0 Å². The van der Waals surface area contributed by atoms with Gasteiger partial charge in [0.25, 0.3) is 5.91 Å². The van der Waals surface area contributed by atoms with Crippen LogP contribution in [-0.4, -0.2) is 63.9 Å². The van der Waals surface area contributed by atoms with E-state index in [2.05, 4.69) is 0 Å². The molecule has 0 aliphatic carbocycles. The summed E-state index contributed by atoms with van der Waals surface area (Å²) in [4.78, 5) is 38.4. The normalized spacial score (nSPS) is 15.6. The highest BCUT2D eigenvalue weighted by atomic mass is 16.4. The summed E-state index contributed by atoms with van der Waals surface area (Å²) >= 11 is 0. The summed E-state index contributed by atoms with van der Waals surface area (Å²) in [6, 6.07) is 3.49. The number of nitrogens with zero attached hydrogens (tertiary/aromatic N) is 3. The monoisotopic (exact) mass is 307 g/mol. The highest BCUT2D eigenvalue weighted by molar-refractivity contribution is 5.95. The van der Waals surface area contributed by atoms with Crippen molar-refractivity contribution in [1.29, 1.82) is 0 Å². The van der Waals surface area contributed by atoms with Gasteiger partial charge in [-0.15, -0.1) is 0 Å². The SMILES string of the molecule is CN(CC(=O)N1CCC(C(=O)O)CC1)C(=O)c1cccn1C. The first-order chi connectivity index (χ1) is 10.4. The van der Waals surface area contributed by atoms with E-state index in [1.807, 2.05) is 0 Å². The number of likely N-dealkylation sites (N-methyl/N-ethyl adjacent to an activating group) is 1. The van der Waals surface area contributed by atoms with Crippen LogP contribution in [0.5, 0.6) is 0 Å². The summed E-state index contributed by atoms with van der Waals surface area (Å²) in [5.41, 5.74) is 0.528. The minimum absolute atomic E-state index is 0.00174. The number of carboxylic acid groups (broad SMARTS) is 1. The molecule has 0 unspecified atom stereocenters. The summed E-state index contributed by atoms with van der Waals surface area (Å²) in [5, 5.41) is 8.95. The number of carbonyl (C=O) groups excluding carboxylic acids is 2. The Morgan fingerprint density at radius 2 is 1.95 bits per heavy atom. The van der Waals surface area contributed by atoms with Crippen molar-refractivity contribution in [3.05, 3.63) is 24.0 Å². The lowest BCUT2D eigenvalue weighted by Gasteiger charge is -2.31. The van der Waals surface area contributed by atoms with Crippen molar-refractivity contribution >= 4 is 17.8 Å². The number of aryl methyl sites for hydroxylation is 1. The fourth-order valence-corrected chi connectivity index (χ4v) is 2.63. The van der Waals surface area contributed by atoms with E-state index in [9.17, 15) is 14.4 Å². The van der Waals surface area contributed by atoms with Gasteiger partial charge < -0.3 is 19.5 Å². The number of hydrogen-bond donors (Lipinski definition) is 1. The van der Waals surface area contributed by atoms with E-state index in [0.29, 0.717) is 31.6 Å². The van der Waals surface area contributed by atoms with E-state index in [4.69, 9.17) is 5.11 Å². The molecule has 7 heteroatoms. The third kappa shape index (κ3) is 3.47. The van der Waals surface area contributed by atoms with E-state index in [0.717, 1.165) is 0 Å². The van der Waals surface area contributed by atoms with Gasteiger partial charge in [0, 0.05) is 33.4 Å². The highest BCUT2D eigenvalue weighted by Gasteiger charge is 2.28. The molecule has 1 aromatic heterocycles. The number of piperidine rings is 1. The molecule has 2 amide bonds. The molecule has 0 atom stereocenters. The van der Waals surface area contributed by atoms with Gasteiger partial charge in [0.05, 0.1) is 12.5 Å². The number of amides is 2. The first kappa shape index (κ1) is 16.1. The minimum Gasteiger partial charge on any atom is -0.481 e. The Labute approximate surface area is 129 Å². The molecule has 1 aliphatic heterocycles. The zero-order valence-electron chi connectivity index (χ0n) is 12.9. The van der Waals surface area contributed by atoms with Gasteiger partial charge in [0.15, 0.2) is 0 Å². The topological polar surface area (TPSA) is 82.9 Å². The van der Waals surface area contributed by atoms with Crippen LogP contribution >= 0.6 is 0 Å². The molecule has 7 nitrogen and oxygen atoms in total. The Balaban J connectivity index is 1.88. The van der Waals surface area contributed by atoms with Crippen molar-refractivity contribution < 1.29 is 19.5 Å². The quantitative estimate of drug-likeness (QED) is 0.874. The number of hydrogen-bond acceptors (Lipinski definition) is 3. The maximum atomic E-state index is 12.2. The predicted octanol–water partition coefficient (Wildman–Crippen LogP) is 0.420. The van der Waals surface area contributed by atoms with Gasteiger partial charge in [0.2, 0.25) is 5.91 Å². The molecule has 1 aromatic rings. The van der Waals surface area contributed by atoms with Crippen LogP contribution < -0.4 is 0 Å². The summed E-state index contributed by atoms with van der Waals surface area (Å²) in [6.07, 6.45) is 2.71. The molecule has 0 saturated carbocycles. The minimum atomic E-state index is -0.803. The number of carboxylic acids is 1. The Hall–Kier alpha value is -2.31. The Morgan fingerprint density at radius 1 is 1.32 bits per heavy atom. The largest absolute Gasteiger partial charge is 0.481 e.